The van der Waals surface area contributed by atoms with Crippen molar-refractivity contribution in [1.29, 1.82) is 0 Å². The van der Waals surface area contributed by atoms with E-state index in [2.05, 4.69) is 56.9 Å². The number of aromatic amines is 3. The maximum atomic E-state index is 13.0. The molecule has 3 atom stereocenters. The second-order valence-electron chi connectivity index (χ2n) is 25.6. The van der Waals surface area contributed by atoms with Crippen molar-refractivity contribution in [2.75, 3.05) is 35.6 Å². The molecule has 0 fully saturated rings. The average Bonchev–Trinajstić information content (AvgIpc) is 2.99. The van der Waals surface area contributed by atoms with Gasteiger partial charge in [-0.2, -0.15) is 0 Å². The molecular formula is C63H75N19O7. The molecule has 9 heterocycles. The Morgan fingerprint density at radius 3 is 1.12 bits per heavy atom. The molecule has 464 valence electrons. The number of amides is 3. The van der Waals surface area contributed by atoms with E-state index in [9.17, 15) is 33.9 Å². The third-order valence-electron chi connectivity index (χ3n) is 15.3. The van der Waals surface area contributed by atoms with Crippen molar-refractivity contribution >= 4 is 68.3 Å². The first-order valence-corrected chi connectivity index (χ1v) is 29.4. The van der Waals surface area contributed by atoms with Gasteiger partial charge in [0.25, 0.3) is 34.4 Å². The van der Waals surface area contributed by atoms with E-state index in [4.69, 9.17) is 26.2 Å². The Morgan fingerprint density at radius 1 is 0.517 bits per heavy atom. The van der Waals surface area contributed by atoms with Crippen molar-refractivity contribution in [3.05, 3.63) is 148 Å². The summed E-state index contributed by atoms with van der Waals surface area (Å²) in [6.07, 6.45) is 1.59. The zero-order valence-corrected chi connectivity index (χ0v) is 51.9. The van der Waals surface area contributed by atoms with E-state index < -0.39 is 0 Å². The van der Waals surface area contributed by atoms with Crippen LogP contribution in [-0.2, 0) is 21.1 Å². The fourth-order valence-corrected chi connectivity index (χ4v) is 11.2. The number of aliphatic hydroxyl groups is 1. The fraction of sp³-hybridized carbons (Fsp3) is 0.381. The molecule has 0 unspecified atom stereocenters. The number of fused-ring (bicyclic) bond motifs is 6. The van der Waals surface area contributed by atoms with Crippen LogP contribution in [0.5, 0.6) is 0 Å². The summed E-state index contributed by atoms with van der Waals surface area (Å²) in [4.78, 5) is 103. The molecular weight excluding hydrogens is 1130 g/mol. The largest absolute Gasteiger partial charge is 0.396 e. The molecule has 89 heavy (non-hydrogen) atoms. The number of nitrogens with one attached hydrogen (secondary N) is 9. The van der Waals surface area contributed by atoms with Gasteiger partial charge in [-0.15, -0.1) is 0 Å². The van der Waals surface area contributed by atoms with Crippen molar-refractivity contribution in [3.8, 4) is 33.8 Å². The Labute approximate surface area is 511 Å². The third kappa shape index (κ3) is 12.5. The highest BCUT2D eigenvalue weighted by atomic mass is 16.3. The Hall–Kier alpha value is -10.0. The van der Waals surface area contributed by atoms with Crippen LogP contribution in [0.1, 0.15) is 148 Å². The van der Waals surface area contributed by atoms with Crippen LogP contribution in [0.3, 0.4) is 0 Å². The van der Waals surface area contributed by atoms with Gasteiger partial charge in [-0.3, -0.25) is 42.5 Å². The van der Waals surface area contributed by atoms with E-state index in [1.165, 1.54) is 13.7 Å². The van der Waals surface area contributed by atoms with Crippen molar-refractivity contribution in [1.82, 2.24) is 59.6 Å². The zero-order chi connectivity index (χ0) is 64.2. The minimum atomic E-state index is -0.273. The number of hydrogen-bond donors (Lipinski definition) is 11. The number of para-hydroxylation sites is 3. The molecule has 3 amide bonds. The van der Waals surface area contributed by atoms with Crippen LogP contribution in [0.2, 0.25) is 0 Å². The van der Waals surface area contributed by atoms with Crippen LogP contribution in [0.15, 0.2) is 92.3 Å². The molecule has 3 aliphatic rings. The number of hydrogen-bond acceptors (Lipinski definition) is 15. The Kier molecular flexibility index (Phi) is 16.7. The molecule has 0 bridgehead atoms. The topological polar surface area (TPSA) is 370 Å². The summed E-state index contributed by atoms with van der Waals surface area (Å²) < 4.78 is 4.54. The monoisotopic (exact) mass is 1210 g/mol. The lowest BCUT2D eigenvalue weighted by molar-refractivity contribution is 0.0944. The van der Waals surface area contributed by atoms with Crippen molar-refractivity contribution in [2.24, 2.45) is 32.0 Å². The highest BCUT2D eigenvalue weighted by molar-refractivity contribution is 6.04. The molecule has 0 spiro atoms. The standard InChI is InChI=1S/C21H24N8O2.C21H26N6O2.C21H25N5O3/c1-21(2,3)27-20-26-16-11(6-5-7-12(16)19(31)29(20)4)15-10-13-17(24-15)14(25-18(13)30)8-9-23-28-22;1-21(2,3)26-20-25-16-11(6-5-7-12(16)19(29)27(20)4)15-10-13-17(23-15)14(8-9-22)24-18(13)28;1-21(2,3)25-20-24-16-11(6-5-7-12(16)19(29)26(20)4)15-10-13-17(22-15)14(8-9-27)23-18(13)28/h5-7,10,14,24H,8-9H2,1-4H3,(H,25,30)(H,26,27);5-7,10,14,23H,8-9,22H2,1-4H3,(H,24,28)(H,25,26);5-7,10,14,22,27H,8-9H2,1-4H3,(H,23,28)(H,24,25)/t3*14-/m111/s1. The summed E-state index contributed by atoms with van der Waals surface area (Å²) in [6.45, 7) is 18.8. The molecule has 3 aliphatic heterocycles. The second-order valence-corrected chi connectivity index (χ2v) is 25.6. The van der Waals surface area contributed by atoms with Crippen LogP contribution in [-0.4, -0.2) is 103 Å². The van der Waals surface area contributed by atoms with Gasteiger partial charge in [0.1, 0.15) is 0 Å². The second kappa shape index (κ2) is 23.9. The number of aromatic nitrogens is 9. The van der Waals surface area contributed by atoms with Gasteiger partial charge in [-0.05, 0) is 130 Å². The number of rotatable bonds is 13. The fourth-order valence-electron chi connectivity index (χ4n) is 11.2. The lowest BCUT2D eigenvalue weighted by Crippen LogP contribution is -2.32. The molecule has 26 heteroatoms. The summed E-state index contributed by atoms with van der Waals surface area (Å²) in [5.74, 6) is 1.00. The van der Waals surface area contributed by atoms with E-state index in [-0.39, 0.29) is 82.3 Å². The van der Waals surface area contributed by atoms with Gasteiger partial charge in [0.2, 0.25) is 17.8 Å². The first-order chi connectivity index (χ1) is 42.1. The maximum Gasteiger partial charge on any atom is 0.262 e. The smallest absolute Gasteiger partial charge is 0.262 e. The minimum absolute atomic E-state index is 0.0214. The number of carbonyl (C=O) groups excluding carboxylic acids is 3. The van der Waals surface area contributed by atoms with Gasteiger partial charge in [-0.1, -0.05) is 41.5 Å². The Balaban J connectivity index is 0.000000147. The predicted octanol–water partition coefficient (Wildman–Crippen LogP) is 8.20. The summed E-state index contributed by atoms with van der Waals surface area (Å²) in [5, 5.41) is 32.9. The highest BCUT2D eigenvalue weighted by Crippen LogP contribution is 2.38. The third-order valence-corrected chi connectivity index (χ3v) is 15.3. The highest BCUT2D eigenvalue weighted by Gasteiger charge is 2.34. The van der Waals surface area contributed by atoms with Crippen molar-refractivity contribution in [3.63, 3.8) is 0 Å². The van der Waals surface area contributed by atoms with Gasteiger partial charge in [0.15, 0.2) is 0 Å². The summed E-state index contributed by atoms with van der Waals surface area (Å²) in [5.41, 5.74) is 23.3. The van der Waals surface area contributed by atoms with Gasteiger partial charge < -0.3 is 57.7 Å². The Bertz CT molecular complexity index is 4350. The van der Waals surface area contributed by atoms with Crippen LogP contribution >= 0.6 is 0 Å². The molecule has 12 N–H and O–H groups in total. The molecule has 6 aromatic heterocycles. The molecule has 0 saturated heterocycles. The minimum Gasteiger partial charge on any atom is -0.396 e. The first kappa shape index (κ1) is 62.0. The van der Waals surface area contributed by atoms with Gasteiger partial charge in [0, 0.05) is 89.6 Å². The number of carbonyl (C=O) groups is 3. The lowest BCUT2D eigenvalue weighted by atomic mass is 10.1. The van der Waals surface area contributed by atoms with Crippen molar-refractivity contribution < 1.29 is 19.5 Å². The molecule has 0 aliphatic carbocycles. The normalized spacial score (nSPS) is 15.9. The van der Waals surface area contributed by atoms with Crippen LogP contribution in [0.25, 0.3) is 76.9 Å². The quantitative estimate of drug-likeness (QED) is 0.0294. The van der Waals surface area contributed by atoms with E-state index in [0.717, 1.165) is 45.2 Å². The van der Waals surface area contributed by atoms with Gasteiger partial charge in [0.05, 0.1) is 84.6 Å². The van der Waals surface area contributed by atoms with Crippen LogP contribution in [0.4, 0.5) is 17.8 Å². The van der Waals surface area contributed by atoms with Gasteiger partial charge in [-0.25, -0.2) is 15.0 Å². The van der Waals surface area contributed by atoms with E-state index in [1.807, 2.05) is 105 Å². The maximum absolute atomic E-state index is 13.0. The number of azide groups is 1. The first-order valence-electron chi connectivity index (χ1n) is 29.4. The number of H-pyrrole nitrogens is 3. The van der Waals surface area contributed by atoms with Crippen LogP contribution < -0.4 is 54.3 Å². The SMILES string of the molecule is Cn1c(NC(C)(C)C)nc2c(-c3cc4c([nH]3)[C@@H](CCN)NC4=O)cccc2c1=O.Cn1c(NC(C)(C)C)nc2c(-c3cc4c([nH]3)[C@@H](CCN=[N+]=[N-])NC4=O)cccc2c1=O.Cn1c(NC(C)(C)C)nc2c(-c3cc4c([nH]3)[C@@H](CCO)NC4=O)cccc2c1=O. The number of anilines is 3. The van der Waals surface area contributed by atoms with Crippen molar-refractivity contribution in [2.45, 2.75) is 116 Å². The molecule has 0 radical (unpaired) electrons. The van der Waals surface area contributed by atoms with E-state index in [0.29, 0.717) is 98.7 Å². The van der Waals surface area contributed by atoms with Crippen LogP contribution in [0, 0.1) is 0 Å². The molecule has 9 aromatic rings. The average molecular weight is 1210 g/mol. The predicted molar refractivity (Wildman–Crippen MR) is 345 cm³/mol. The summed E-state index contributed by atoms with van der Waals surface area (Å²) in [6, 6.07) is 21.2. The number of benzene rings is 3. The van der Waals surface area contributed by atoms with Gasteiger partial charge >= 0.3 is 0 Å². The molecule has 26 nitrogen and oxygen atoms in total. The van der Waals surface area contributed by atoms with E-state index >= 15 is 0 Å². The summed E-state index contributed by atoms with van der Waals surface area (Å²) in [7, 11) is 5.10. The summed E-state index contributed by atoms with van der Waals surface area (Å²) >= 11 is 0. The molecule has 12 rings (SSSR count). The molecule has 0 saturated carbocycles. The number of aliphatic hydroxyl groups excluding tert-OH is 1. The molecule has 3 aromatic carbocycles. The van der Waals surface area contributed by atoms with E-state index in [1.54, 1.807) is 51.5 Å². The Morgan fingerprint density at radius 2 is 0.831 bits per heavy atom. The lowest BCUT2D eigenvalue weighted by Gasteiger charge is -2.23. The number of nitrogens with two attached hydrogens (primary N) is 1. The zero-order valence-electron chi connectivity index (χ0n) is 51.9. The number of nitrogens with zero attached hydrogens (tertiary/aromatic N) is 9.